The lowest BCUT2D eigenvalue weighted by atomic mass is 10.2. The van der Waals surface area contributed by atoms with Crippen molar-refractivity contribution in [2.75, 3.05) is 0 Å². The average molecular weight is 334 g/mol. The van der Waals surface area contributed by atoms with Crippen LogP contribution in [-0.2, 0) is 12.7 Å². The molecule has 3 aromatic heterocycles. The van der Waals surface area contributed by atoms with Gasteiger partial charge in [0.1, 0.15) is 10.7 Å². The van der Waals surface area contributed by atoms with Gasteiger partial charge in [-0.3, -0.25) is 4.40 Å². The van der Waals surface area contributed by atoms with Crippen LogP contribution < -0.4 is 5.73 Å². The van der Waals surface area contributed by atoms with Crippen LogP contribution in [0.25, 0.3) is 17.2 Å². The third kappa shape index (κ3) is 2.47. The number of aromatic nitrogens is 4. The van der Waals surface area contributed by atoms with Crippen molar-refractivity contribution >= 4 is 28.6 Å². The topological polar surface area (TPSA) is 69.1 Å². The van der Waals surface area contributed by atoms with Crippen molar-refractivity contribution in [1.82, 2.24) is 19.6 Å². The molecule has 5 nitrogen and oxygen atoms in total. The highest BCUT2D eigenvalue weighted by molar-refractivity contribution is 7.09. The molecule has 10 heteroatoms. The first kappa shape index (κ1) is 14.2. The Morgan fingerprint density at radius 1 is 1.33 bits per heavy atom. The molecule has 0 amide bonds. The lowest BCUT2D eigenvalue weighted by Crippen LogP contribution is -2.07. The van der Waals surface area contributed by atoms with E-state index in [2.05, 4.69) is 15.2 Å². The summed E-state index contributed by atoms with van der Waals surface area (Å²) in [6.45, 7) is 0.246. The molecule has 0 saturated carbocycles. The summed E-state index contributed by atoms with van der Waals surface area (Å²) < 4.78 is 39.7. The Kier molecular flexibility index (Phi) is 3.34. The Morgan fingerprint density at radius 3 is 2.71 bits per heavy atom. The van der Waals surface area contributed by atoms with Crippen LogP contribution >= 0.6 is 22.9 Å². The molecule has 3 aromatic rings. The summed E-state index contributed by atoms with van der Waals surface area (Å²) in [5.41, 5.74) is 5.14. The number of nitrogens with zero attached hydrogens (tertiary/aromatic N) is 4. The molecule has 0 aliphatic carbocycles. The third-order valence-electron chi connectivity index (χ3n) is 2.74. The lowest BCUT2D eigenvalue weighted by Gasteiger charge is -2.08. The van der Waals surface area contributed by atoms with E-state index in [9.17, 15) is 13.2 Å². The minimum Gasteiger partial charge on any atom is -0.325 e. The van der Waals surface area contributed by atoms with Crippen LogP contribution in [-0.4, -0.2) is 19.6 Å². The predicted molar refractivity (Wildman–Crippen MR) is 72.0 cm³/mol. The van der Waals surface area contributed by atoms with Crippen LogP contribution in [0.15, 0.2) is 17.6 Å². The smallest absolute Gasteiger partial charge is 0.325 e. The van der Waals surface area contributed by atoms with Gasteiger partial charge < -0.3 is 5.73 Å². The molecule has 0 aliphatic heterocycles. The summed E-state index contributed by atoms with van der Waals surface area (Å²) >= 11 is 7.14. The van der Waals surface area contributed by atoms with E-state index < -0.39 is 11.7 Å². The van der Waals surface area contributed by atoms with Gasteiger partial charge >= 0.3 is 6.18 Å². The van der Waals surface area contributed by atoms with Crippen molar-refractivity contribution < 1.29 is 13.2 Å². The monoisotopic (exact) mass is 333 g/mol. The largest absolute Gasteiger partial charge is 0.417 e. The van der Waals surface area contributed by atoms with Crippen molar-refractivity contribution in [2.24, 2.45) is 5.73 Å². The van der Waals surface area contributed by atoms with Crippen LogP contribution in [0.4, 0.5) is 13.2 Å². The number of rotatable bonds is 2. The Balaban J connectivity index is 2.22. The first-order valence-corrected chi connectivity index (χ1v) is 6.92. The SMILES string of the molecule is NCc1nc(-c2nnc3c(Cl)cc(C(F)(F)F)cn23)cs1. The van der Waals surface area contributed by atoms with Crippen LogP contribution in [0.1, 0.15) is 10.6 Å². The molecule has 110 valence electrons. The Bertz CT molecular complexity index is 810. The molecule has 0 radical (unpaired) electrons. The quantitative estimate of drug-likeness (QED) is 0.782. The van der Waals surface area contributed by atoms with E-state index in [1.165, 1.54) is 15.7 Å². The maximum atomic E-state index is 12.9. The van der Waals surface area contributed by atoms with Crippen molar-refractivity contribution in [1.29, 1.82) is 0 Å². The van der Waals surface area contributed by atoms with Crippen molar-refractivity contribution in [3.8, 4) is 11.5 Å². The minimum atomic E-state index is -4.51. The van der Waals surface area contributed by atoms with Crippen LogP contribution in [0.3, 0.4) is 0 Å². The zero-order valence-electron chi connectivity index (χ0n) is 10.2. The molecule has 0 saturated heterocycles. The predicted octanol–water partition coefficient (Wildman–Crippen LogP) is 2.98. The summed E-state index contributed by atoms with van der Waals surface area (Å²) in [7, 11) is 0. The Labute approximate surface area is 125 Å². The normalized spacial score (nSPS) is 12.2. The Morgan fingerprint density at radius 2 is 2.10 bits per heavy atom. The van der Waals surface area contributed by atoms with Gasteiger partial charge in [-0.15, -0.1) is 21.5 Å². The molecule has 3 heterocycles. The maximum Gasteiger partial charge on any atom is 0.417 e. The van der Waals surface area contributed by atoms with E-state index in [0.717, 1.165) is 12.3 Å². The first-order valence-electron chi connectivity index (χ1n) is 5.66. The number of alkyl halides is 3. The second-order valence-electron chi connectivity index (χ2n) is 4.12. The standard InChI is InChI=1S/C11H7ClF3N5S/c12-6-1-5(11(13,14)15)3-20-9(6)18-19-10(20)7-4-21-8(2-16)17-7/h1,3-4H,2,16H2. The van der Waals surface area contributed by atoms with E-state index in [-0.39, 0.29) is 23.0 Å². The highest BCUT2D eigenvalue weighted by Crippen LogP contribution is 2.33. The summed E-state index contributed by atoms with van der Waals surface area (Å²) in [5, 5.41) is 9.85. The van der Waals surface area contributed by atoms with Crippen LogP contribution in [0.2, 0.25) is 5.02 Å². The van der Waals surface area contributed by atoms with Gasteiger partial charge in [0.05, 0.1) is 10.6 Å². The van der Waals surface area contributed by atoms with Gasteiger partial charge in [0.2, 0.25) is 0 Å². The second-order valence-corrected chi connectivity index (χ2v) is 5.47. The fourth-order valence-corrected chi connectivity index (χ4v) is 2.69. The van der Waals surface area contributed by atoms with E-state index in [1.54, 1.807) is 5.38 Å². The summed E-state index contributed by atoms with van der Waals surface area (Å²) in [6, 6.07) is 0.821. The fraction of sp³-hybridized carbons (Fsp3) is 0.182. The molecule has 0 aliphatic rings. The first-order chi connectivity index (χ1) is 9.90. The maximum absolute atomic E-state index is 12.9. The summed E-state index contributed by atoms with van der Waals surface area (Å²) in [4.78, 5) is 4.19. The highest BCUT2D eigenvalue weighted by Gasteiger charge is 2.32. The van der Waals surface area contributed by atoms with E-state index in [4.69, 9.17) is 17.3 Å². The summed E-state index contributed by atoms with van der Waals surface area (Å²) in [5.74, 6) is 0.189. The zero-order valence-corrected chi connectivity index (χ0v) is 11.8. The van der Waals surface area contributed by atoms with E-state index in [1.807, 2.05) is 0 Å². The fourth-order valence-electron chi connectivity index (χ4n) is 1.79. The van der Waals surface area contributed by atoms with Gasteiger partial charge in [-0.1, -0.05) is 11.6 Å². The minimum absolute atomic E-state index is 0.127. The van der Waals surface area contributed by atoms with E-state index in [0.29, 0.717) is 10.7 Å². The average Bonchev–Trinajstić information content (AvgIpc) is 3.03. The van der Waals surface area contributed by atoms with Crippen molar-refractivity contribution in [2.45, 2.75) is 12.7 Å². The van der Waals surface area contributed by atoms with Gasteiger partial charge in [0.25, 0.3) is 0 Å². The molecule has 2 N–H and O–H groups in total. The molecule has 0 fully saturated rings. The Hall–Kier alpha value is -1.71. The van der Waals surface area contributed by atoms with Gasteiger partial charge in [-0.05, 0) is 6.07 Å². The number of thiazole rings is 1. The van der Waals surface area contributed by atoms with Gasteiger partial charge in [0.15, 0.2) is 11.5 Å². The molecule has 0 spiro atoms. The zero-order chi connectivity index (χ0) is 15.2. The lowest BCUT2D eigenvalue weighted by molar-refractivity contribution is -0.137. The van der Waals surface area contributed by atoms with Crippen LogP contribution in [0, 0.1) is 0 Å². The molecular weight excluding hydrogens is 327 g/mol. The number of fused-ring (bicyclic) bond motifs is 1. The number of halogens is 4. The molecule has 0 aromatic carbocycles. The van der Waals surface area contributed by atoms with Gasteiger partial charge in [-0.2, -0.15) is 13.2 Å². The number of hydrogen-bond acceptors (Lipinski definition) is 5. The summed E-state index contributed by atoms with van der Waals surface area (Å²) in [6.07, 6.45) is -3.61. The highest BCUT2D eigenvalue weighted by atomic mass is 35.5. The van der Waals surface area contributed by atoms with Gasteiger partial charge in [0, 0.05) is 18.1 Å². The van der Waals surface area contributed by atoms with Crippen molar-refractivity contribution in [3.05, 3.63) is 33.2 Å². The number of nitrogens with two attached hydrogens (primary N) is 1. The molecule has 0 bridgehead atoms. The van der Waals surface area contributed by atoms with Gasteiger partial charge in [-0.25, -0.2) is 4.98 Å². The molecule has 3 rings (SSSR count). The second kappa shape index (κ2) is 4.93. The molecule has 21 heavy (non-hydrogen) atoms. The number of pyridine rings is 1. The molecule has 0 atom stereocenters. The van der Waals surface area contributed by atoms with Crippen LogP contribution in [0.5, 0.6) is 0 Å². The number of hydrogen-bond donors (Lipinski definition) is 1. The third-order valence-corrected chi connectivity index (χ3v) is 3.89. The van der Waals surface area contributed by atoms with E-state index >= 15 is 0 Å². The molecular formula is C11H7ClF3N5S. The van der Waals surface area contributed by atoms with Crippen molar-refractivity contribution in [3.63, 3.8) is 0 Å². The molecule has 0 unspecified atom stereocenters.